The number of halogens is 1. The molecule has 0 atom stereocenters. The molecule has 1 saturated heterocycles. The molecule has 3 rings (SSSR count). The smallest absolute Gasteiger partial charge is 0.340 e. The number of morpholine rings is 1. The second-order valence-electron chi connectivity index (χ2n) is 6.20. The van der Waals surface area contributed by atoms with Crippen LogP contribution in [0, 0.1) is 10.1 Å². The molecule has 0 spiro atoms. The Labute approximate surface area is 171 Å². The molecule has 10 heteroatoms. The molecule has 0 aromatic heterocycles. The number of amides is 1. The van der Waals surface area contributed by atoms with Crippen molar-refractivity contribution in [3.8, 4) is 0 Å². The van der Waals surface area contributed by atoms with E-state index in [0.29, 0.717) is 26.3 Å². The number of carbonyl (C=O) groups excluding carboxylic acids is 2. The molecular weight excluding hydrogens is 402 g/mol. The van der Waals surface area contributed by atoms with Crippen LogP contribution >= 0.6 is 11.6 Å². The van der Waals surface area contributed by atoms with Crippen molar-refractivity contribution in [3.63, 3.8) is 0 Å². The fourth-order valence-electron chi connectivity index (χ4n) is 2.93. The highest BCUT2D eigenvalue weighted by Crippen LogP contribution is 2.27. The van der Waals surface area contributed by atoms with Crippen molar-refractivity contribution in [2.45, 2.75) is 0 Å². The summed E-state index contributed by atoms with van der Waals surface area (Å²) in [5.74, 6) is -1.21. The zero-order valence-electron chi connectivity index (χ0n) is 15.5. The molecule has 0 saturated carbocycles. The minimum absolute atomic E-state index is 0.0466. The number of hydrogen-bond acceptors (Lipinski definition) is 7. The molecule has 29 heavy (non-hydrogen) atoms. The molecule has 152 valence electrons. The van der Waals surface area contributed by atoms with Gasteiger partial charge in [-0.1, -0.05) is 11.6 Å². The molecule has 1 fully saturated rings. The molecule has 0 bridgehead atoms. The van der Waals surface area contributed by atoms with Gasteiger partial charge in [0, 0.05) is 30.9 Å². The van der Waals surface area contributed by atoms with Gasteiger partial charge in [0.1, 0.15) is 0 Å². The van der Waals surface area contributed by atoms with E-state index in [1.54, 1.807) is 18.2 Å². The third kappa shape index (κ3) is 4.64. The minimum atomic E-state index is -0.606. The van der Waals surface area contributed by atoms with Gasteiger partial charge in [-0.3, -0.25) is 14.9 Å². The lowest BCUT2D eigenvalue weighted by atomic mass is 10.1. The minimum Gasteiger partial charge on any atom is -0.465 e. The highest BCUT2D eigenvalue weighted by atomic mass is 35.5. The van der Waals surface area contributed by atoms with Crippen molar-refractivity contribution in [1.29, 1.82) is 0 Å². The zero-order valence-corrected chi connectivity index (χ0v) is 16.3. The predicted octanol–water partition coefficient (Wildman–Crippen LogP) is 3.12. The van der Waals surface area contributed by atoms with E-state index < -0.39 is 16.8 Å². The van der Waals surface area contributed by atoms with Crippen LogP contribution in [0.15, 0.2) is 36.4 Å². The van der Waals surface area contributed by atoms with Crippen molar-refractivity contribution in [2.75, 3.05) is 43.6 Å². The molecule has 9 nitrogen and oxygen atoms in total. The predicted molar refractivity (Wildman–Crippen MR) is 107 cm³/mol. The van der Waals surface area contributed by atoms with Gasteiger partial charge in [0.15, 0.2) is 0 Å². The molecule has 1 heterocycles. The van der Waals surface area contributed by atoms with Crippen LogP contribution in [0.3, 0.4) is 0 Å². The Balaban J connectivity index is 1.88. The summed E-state index contributed by atoms with van der Waals surface area (Å²) in [5, 5.41) is 13.4. The number of rotatable bonds is 5. The monoisotopic (exact) mass is 419 g/mol. The number of benzene rings is 2. The zero-order chi connectivity index (χ0) is 21.0. The summed E-state index contributed by atoms with van der Waals surface area (Å²) < 4.78 is 10.2. The average molecular weight is 420 g/mol. The van der Waals surface area contributed by atoms with Gasteiger partial charge in [0.05, 0.1) is 47.1 Å². The SMILES string of the molecule is COC(=O)c1cc(N2CCOCC2)ccc1NC(=O)c1ccc([N+](=O)[O-])cc1Cl. The average Bonchev–Trinajstić information content (AvgIpc) is 2.73. The Kier molecular flexibility index (Phi) is 6.30. The first kappa shape index (κ1) is 20.6. The molecule has 1 amide bonds. The van der Waals surface area contributed by atoms with E-state index in [0.717, 1.165) is 11.8 Å². The molecule has 0 aliphatic carbocycles. The summed E-state index contributed by atoms with van der Waals surface area (Å²) in [5.41, 5.74) is 1.05. The Morgan fingerprint density at radius 1 is 1.17 bits per heavy atom. The number of hydrogen-bond donors (Lipinski definition) is 1. The number of ether oxygens (including phenoxy) is 2. The molecular formula is C19H18ClN3O6. The number of nitro benzene ring substituents is 1. The molecule has 2 aromatic rings. The first-order valence-corrected chi connectivity index (χ1v) is 9.09. The molecule has 0 radical (unpaired) electrons. The number of anilines is 2. The molecule has 2 aromatic carbocycles. The van der Waals surface area contributed by atoms with Crippen molar-refractivity contribution < 1.29 is 24.0 Å². The molecule has 1 aliphatic rings. The fourth-order valence-corrected chi connectivity index (χ4v) is 3.19. The number of nitrogens with one attached hydrogen (secondary N) is 1. The van der Waals surface area contributed by atoms with E-state index in [2.05, 4.69) is 10.2 Å². The second kappa shape index (κ2) is 8.89. The maximum atomic E-state index is 12.6. The topological polar surface area (TPSA) is 111 Å². The molecule has 0 unspecified atom stereocenters. The van der Waals surface area contributed by atoms with Gasteiger partial charge in [0.2, 0.25) is 0 Å². The third-order valence-electron chi connectivity index (χ3n) is 4.44. The maximum Gasteiger partial charge on any atom is 0.340 e. The van der Waals surface area contributed by atoms with E-state index in [4.69, 9.17) is 21.1 Å². The lowest BCUT2D eigenvalue weighted by Gasteiger charge is -2.29. The summed E-state index contributed by atoms with van der Waals surface area (Å²) in [4.78, 5) is 37.2. The lowest BCUT2D eigenvalue weighted by molar-refractivity contribution is -0.384. The van der Waals surface area contributed by atoms with Crippen molar-refractivity contribution in [2.24, 2.45) is 0 Å². The Hall–Kier alpha value is -3.17. The van der Waals surface area contributed by atoms with Crippen molar-refractivity contribution in [3.05, 3.63) is 62.7 Å². The normalized spacial score (nSPS) is 13.7. The van der Waals surface area contributed by atoms with Gasteiger partial charge in [-0.2, -0.15) is 0 Å². The second-order valence-corrected chi connectivity index (χ2v) is 6.60. The van der Waals surface area contributed by atoms with E-state index >= 15 is 0 Å². The van der Waals surface area contributed by atoms with Gasteiger partial charge in [-0.15, -0.1) is 0 Å². The summed E-state index contributed by atoms with van der Waals surface area (Å²) in [7, 11) is 1.25. The number of carbonyl (C=O) groups is 2. The Morgan fingerprint density at radius 3 is 2.52 bits per heavy atom. The van der Waals surface area contributed by atoms with Crippen LogP contribution in [-0.4, -0.2) is 50.2 Å². The number of nitro groups is 1. The van der Waals surface area contributed by atoms with Gasteiger partial charge in [0.25, 0.3) is 11.6 Å². The first-order valence-electron chi connectivity index (χ1n) is 8.71. The van der Waals surface area contributed by atoms with E-state index in [1.165, 1.54) is 19.2 Å². The van der Waals surface area contributed by atoms with Gasteiger partial charge >= 0.3 is 5.97 Å². The number of nitrogens with zero attached hydrogens (tertiary/aromatic N) is 2. The highest BCUT2D eigenvalue weighted by Gasteiger charge is 2.20. The van der Waals surface area contributed by atoms with Crippen LogP contribution in [0.4, 0.5) is 17.1 Å². The standard InChI is InChI=1S/C19H18ClN3O6/c1-28-19(25)15-10-12(22-6-8-29-9-7-22)3-5-17(15)21-18(24)14-4-2-13(23(26)27)11-16(14)20/h2-5,10-11H,6-9H2,1H3,(H,21,24). The van der Waals surface area contributed by atoms with Crippen LogP contribution in [-0.2, 0) is 9.47 Å². The van der Waals surface area contributed by atoms with Gasteiger partial charge < -0.3 is 19.7 Å². The van der Waals surface area contributed by atoms with E-state index in [1.807, 2.05) is 0 Å². The third-order valence-corrected chi connectivity index (χ3v) is 4.75. The van der Waals surface area contributed by atoms with Crippen LogP contribution in [0.5, 0.6) is 0 Å². The maximum absolute atomic E-state index is 12.6. The van der Waals surface area contributed by atoms with Crippen LogP contribution < -0.4 is 10.2 Å². The highest BCUT2D eigenvalue weighted by molar-refractivity contribution is 6.34. The lowest BCUT2D eigenvalue weighted by Crippen LogP contribution is -2.36. The summed E-state index contributed by atoms with van der Waals surface area (Å²) in [6, 6.07) is 8.57. The first-order chi connectivity index (χ1) is 13.9. The summed E-state index contributed by atoms with van der Waals surface area (Å²) >= 11 is 6.02. The van der Waals surface area contributed by atoms with Crippen molar-refractivity contribution in [1.82, 2.24) is 0 Å². The van der Waals surface area contributed by atoms with Gasteiger partial charge in [-0.25, -0.2) is 4.79 Å². The van der Waals surface area contributed by atoms with E-state index in [-0.39, 0.29) is 27.5 Å². The number of non-ortho nitro benzene ring substituents is 1. The van der Waals surface area contributed by atoms with E-state index in [9.17, 15) is 19.7 Å². The quantitative estimate of drug-likeness (QED) is 0.450. The summed E-state index contributed by atoms with van der Waals surface area (Å²) in [6.45, 7) is 2.55. The fraction of sp³-hybridized carbons (Fsp3) is 0.263. The van der Waals surface area contributed by atoms with Crippen LogP contribution in [0.1, 0.15) is 20.7 Å². The Morgan fingerprint density at radius 2 is 1.90 bits per heavy atom. The Bertz CT molecular complexity index is 959. The molecule has 1 aliphatic heterocycles. The summed E-state index contributed by atoms with van der Waals surface area (Å²) in [6.07, 6.45) is 0. The van der Waals surface area contributed by atoms with Crippen LogP contribution in [0.25, 0.3) is 0 Å². The van der Waals surface area contributed by atoms with Gasteiger partial charge in [-0.05, 0) is 24.3 Å². The largest absolute Gasteiger partial charge is 0.465 e. The van der Waals surface area contributed by atoms with Crippen molar-refractivity contribution >= 4 is 40.5 Å². The molecule has 1 N–H and O–H groups in total. The number of esters is 1. The number of methoxy groups -OCH3 is 1. The van der Waals surface area contributed by atoms with Crippen LogP contribution in [0.2, 0.25) is 5.02 Å².